The van der Waals surface area contributed by atoms with E-state index in [0.29, 0.717) is 11.7 Å². The highest BCUT2D eigenvalue weighted by Gasteiger charge is 1.98. The van der Waals surface area contributed by atoms with Crippen LogP contribution in [0.2, 0.25) is 5.15 Å². The minimum absolute atomic E-state index is 0.346. The second-order valence-electron chi connectivity index (χ2n) is 2.90. The van der Waals surface area contributed by atoms with Crippen molar-refractivity contribution in [3.05, 3.63) is 35.1 Å². The van der Waals surface area contributed by atoms with Gasteiger partial charge in [-0.2, -0.15) is 0 Å². The molecule has 1 heterocycles. The van der Waals surface area contributed by atoms with E-state index in [-0.39, 0.29) is 0 Å². The molecule has 0 fully saturated rings. The summed E-state index contributed by atoms with van der Waals surface area (Å²) in [4.78, 5) is 8.28. The molecule has 1 aromatic carbocycles. The number of halogens is 1. The summed E-state index contributed by atoms with van der Waals surface area (Å²) < 4.78 is 0. The third-order valence-electron chi connectivity index (χ3n) is 1.85. The fourth-order valence-corrected chi connectivity index (χ4v) is 1.36. The molecule has 4 heteroatoms. The number of hydrogen-bond donors (Lipinski definition) is 1. The smallest absolute Gasteiger partial charge is 0.148 e. The quantitative estimate of drug-likeness (QED) is 0.682. The Labute approximate surface area is 92.3 Å². The molecule has 0 aliphatic carbocycles. The minimum Gasteiger partial charge on any atom is -0.320 e. The van der Waals surface area contributed by atoms with E-state index in [1.807, 2.05) is 18.2 Å². The molecule has 0 bridgehead atoms. The van der Waals surface area contributed by atoms with Gasteiger partial charge in [-0.05, 0) is 18.2 Å². The third-order valence-corrected chi connectivity index (χ3v) is 2.03. The van der Waals surface area contributed by atoms with Crippen molar-refractivity contribution in [3.8, 4) is 11.8 Å². The number of fused-ring (bicyclic) bond motifs is 1. The van der Waals surface area contributed by atoms with Gasteiger partial charge in [-0.25, -0.2) is 4.98 Å². The van der Waals surface area contributed by atoms with Gasteiger partial charge in [-0.1, -0.05) is 23.4 Å². The van der Waals surface area contributed by atoms with Crippen LogP contribution in [0, 0.1) is 11.8 Å². The highest BCUT2D eigenvalue weighted by Crippen LogP contribution is 2.13. The van der Waals surface area contributed by atoms with Crippen LogP contribution in [-0.4, -0.2) is 16.5 Å². The summed E-state index contributed by atoms with van der Waals surface area (Å²) in [7, 11) is 0. The first-order chi connectivity index (χ1) is 7.29. The van der Waals surface area contributed by atoms with Crippen LogP contribution in [0.4, 0.5) is 0 Å². The Bertz CT molecular complexity index is 554. The first-order valence-corrected chi connectivity index (χ1v) is 4.78. The van der Waals surface area contributed by atoms with E-state index in [1.54, 1.807) is 0 Å². The molecule has 0 spiro atoms. The normalized spacial score (nSPS) is 9.73. The maximum atomic E-state index is 5.75. The zero-order chi connectivity index (χ0) is 10.7. The Balaban J connectivity index is 2.54. The van der Waals surface area contributed by atoms with Crippen LogP contribution in [0.3, 0.4) is 0 Å². The number of nitrogens with zero attached hydrogens (tertiary/aromatic N) is 2. The number of nitrogens with two attached hydrogens (primary N) is 1. The van der Waals surface area contributed by atoms with Gasteiger partial charge in [0.15, 0.2) is 0 Å². The van der Waals surface area contributed by atoms with Crippen LogP contribution in [0.25, 0.3) is 11.0 Å². The van der Waals surface area contributed by atoms with E-state index in [0.717, 1.165) is 16.6 Å². The second-order valence-corrected chi connectivity index (χ2v) is 3.29. The lowest BCUT2D eigenvalue weighted by molar-refractivity contribution is 1.29. The summed E-state index contributed by atoms with van der Waals surface area (Å²) in [5.74, 6) is 5.71. The summed E-state index contributed by atoms with van der Waals surface area (Å²) in [5, 5.41) is 0.381. The van der Waals surface area contributed by atoms with Crippen molar-refractivity contribution in [2.24, 2.45) is 5.73 Å². The van der Waals surface area contributed by atoms with Crippen molar-refractivity contribution >= 4 is 22.6 Å². The van der Waals surface area contributed by atoms with Crippen LogP contribution in [0.15, 0.2) is 24.4 Å². The van der Waals surface area contributed by atoms with Gasteiger partial charge < -0.3 is 5.73 Å². The molecule has 2 N–H and O–H groups in total. The molecule has 3 nitrogen and oxygen atoms in total. The average Bonchev–Trinajstić information content (AvgIpc) is 2.25. The van der Waals surface area contributed by atoms with Crippen LogP contribution in [0.1, 0.15) is 5.56 Å². The molecular formula is C11H8ClN3. The predicted molar refractivity (Wildman–Crippen MR) is 60.5 cm³/mol. The molecule has 0 atom stereocenters. The van der Waals surface area contributed by atoms with E-state index in [9.17, 15) is 0 Å². The van der Waals surface area contributed by atoms with Gasteiger partial charge >= 0.3 is 0 Å². The molecule has 0 unspecified atom stereocenters. The van der Waals surface area contributed by atoms with E-state index in [4.69, 9.17) is 17.3 Å². The summed E-state index contributed by atoms with van der Waals surface area (Å²) in [6, 6.07) is 5.59. The zero-order valence-corrected chi connectivity index (χ0v) is 8.62. The Morgan fingerprint density at radius 1 is 1.33 bits per heavy atom. The fourth-order valence-electron chi connectivity index (χ4n) is 1.22. The van der Waals surface area contributed by atoms with Gasteiger partial charge in [0, 0.05) is 5.56 Å². The van der Waals surface area contributed by atoms with Gasteiger partial charge in [0.2, 0.25) is 0 Å². The molecule has 74 valence electrons. The summed E-state index contributed by atoms with van der Waals surface area (Å²) in [6.45, 7) is 0.346. The number of rotatable bonds is 0. The Morgan fingerprint density at radius 3 is 3.00 bits per heavy atom. The van der Waals surface area contributed by atoms with E-state index < -0.39 is 0 Å². The molecular weight excluding hydrogens is 210 g/mol. The minimum atomic E-state index is 0.346. The maximum absolute atomic E-state index is 5.75. The summed E-state index contributed by atoms with van der Waals surface area (Å²) in [5.41, 5.74) is 7.70. The molecule has 0 saturated carbocycles. The van der Waals surface area contributed by atoms with Crippen molar-refractivity contribution in [1.82, 2.24) is 9.97 Å². The monoisotopic (exact) mass is 217 g/mol. The lowest BCUT2D eigenvalue weighted by atomic mass is 10.2. The summed E-state index contributed by atoms with van der Waals surface area (Å²) in [6.07, 6.45) is 1.52. The fraction of sp³-hybridized carbons (Fsp3) is 0.0909. The lowest BCUT2D eigenvalue weighted by Crippen LogP contribution is -1.93. The highest BCUT2D eigenvalue weighted by molar-refractivity contribution is 6.29. The Hall–Kier alpha value is -1.63. The van der Waals surface area contributed by atoms with Crippen molar-refractivity contribution in [1.29, 1.82) is 0 Å². The molecule has 2 aromatic rings. The SMILES string of the molecule is NCC#Cc1ccc2ncc(Cl)nc2c1. The van der Waals surface area contributed by atoms with E-state index >= 15 is 0 Å². The standard InChI is InChI=1S/C11H8ClN3/c12-11-7-14-9-4-3-8(2-1-5-13)6-10(9)15-11/h3-4,6-7H,5,13H2. The predicted octanol–water partition coefficient (Wildman–Crippen LogP) is 1.59. The van der Waals surface area contributed by atoms with Crippen LogP contribution in [-0.2, 0) is 0 Å². The van der Waals surface area contributed by atoms with Gasteiger partial charge in [0.25, 0.3) is 0 Å². The molecule has 1 aromatic heterocycles. The lowest BCUT2D eigenvalue weighted by Gasteiger charge is -1.97. The first kappa shape index (κ1) is 9.91. The second kappa shape index (κ2) is 4.26. The maximum Gasteiger partial charge on any atom is 0.148 e. The van der Waals surface area contributed by atoms with Crippen LogP contribution < -0.4 is 5.73 Å². The van der Waals surface area contributed by atoms with Gasteiger partial charge in [-0.15, -0.1) is 0 Å². The van der Waals surface area contributed by atoms with E-state index in [2.05, 4.69) is 21.8 Å². The van der Waals surface area contributed by atoms with E-state index in [1.165, 1.54) is 6.20 Å². The van der Waals surface area contributed by atoms with Crippen molar-refractivity contribution in [2.75, 3.05) is 6.54 Å². The molecule has 0 aliphatic rings. The van der Waals surface area contributed by atoms with Gasteiger partial charge in [0.1, 0.15) is 5.15 Å². The molecule has 0 saturated heterocycles. The Morgan fingerprint density at radius 2 is 2.20 bits per heavy atom. The van der Waals surface area contributed by atoms with Crippen LogP contribution in [0.5, 0.6) is 0 Å². The number of benzene rings is 1. The highest BCUT2D eigenvalue weighted by atomic mass is 35.5. The zero-order valence-electron chi connectivity index (χ0n) is 7.87. The molecule has 0 aliphatic heterocycles. The van der Waals surface area contributed by atoms with Gasteiger partial charge in [-0.3, -0.25) is 4.98 Å². The topological polar surface area (TPSA) is 51.8 Å². The molecule has 0 amide bonds. The third kappa shape index (κ3) is 2.24. The Kier molecular flexibility index (Phi) is 2.82. The summed E-state index contributed by atoms with van der Waals surface area (Å²) >= 11 is 5.75. The molecule has 15 heavy (non-hydrogen) atoms. The van der Waals surface area contributed by atoms with Crippen molar-refractivity contribution in [3.63, 3.8) is 0 Å². The number of aromatic nitrogens is 2. The van der Waals surface area contributed by atoms with Crippen molar-refractivity contribution in [2.45, 2.75) is 0 Å². The average molecular weight is 218 g/mol. The molecule has 0 radical (unpaired) electrons. The number of hydrogen-bond acceptors (Lipinski definition) is 3. The van der Waals surface area contributed by atoms with Gasteiger partial charge in [0.05, 0.1) is 23.8 Å². The first-order valence-electron chi connectivity index (χ1n) is 4.41. The van der Waals surface area contributed by atoms with Crippen LogP contribution >= 0.6 is 11.6 Å². The molecule has 2 rings (SSSR count). The largest absolute Gasteiger partial charge is 0.320 e. The van der Waals surface area contributed by atoms with Crippen molar-refractivity contribution < 1.29 is 0 Å².